The Morgan fingerprint density at radius 1 is 1.39 bits per heavy atom. The maximum atomic E-state index is 12.5. The van der Waals surface area contributed by atoms with Crippen molar-refractivity contribution in [2.75, 3.05) is 29.9 Å². The molecule has 1 aromatic rings. The molecule has 0 spiro atoms. The van der Waals surface area contributed by atoms with Crippen LogP contribution in [0.25, 0.3) is 0 Å². The highest BCUT2D eigenvalue weighted by Crippen LogP contribution is 2.28. The van der Waals surface area contributed by atoms with Crippen LogP contribution in [-0.2, 0) is 4.79 Å². The van der Waals surface area contributed by atoms with Crippen LogP contribution in [0.4, 0.5) is 16.2 Å². The summed E-state index contributed by atoms with van der Waals surface area (Å²) in [7, 11) is 0. The van der Waals surface area contributed by atoms with Crippen LogP contribution in [0.5, 0.6) is 0 Å². The summed E-state index contributed by atoms with van der Waals surface area (Å²) in [6, 6.07) is 7.22. The lowest BCUT2D eigenvalue weighted by Gasteiger charge is -2.28. The van der Waals surface area contributed by atoms with E-state index in [4.69, 9.17) is 5.73 Å². The van der Waals surface area contributed by atoms with Gasteiger partial charge in [0.15, 0.2) is 0 Å². The molecule has 7 heteroatoms. The minimum atomic E-state index is -0.541. The topological polar surface area (TPSA) is 87.5 Å². The standard InChI is InChI=1S/C16H24N4O2.ClH/c1-3-16(4-2,11-17)14(21)19-12-6-5-7-13(10-12)20-9-8-18-15(20)22;/h5-7,10H,3-4,8-9,11,17H2,1-2H3,(H,18,22)(H,19,21);1H. The number of hydrogen-bond donors (Lipinski definition) is 3. The van der Waals surface area contributed by atoms with Gasteiger partial charge in [0.05, 0.1) is 5.41 Å². The van der Waals surface area contributed by atoms with Crippen molar-refractivity contribution >= 4 is 35.7 Å². The van der Waals surface area contributed by atoms with Gasteiger partial charge in [0.2, 0.25) is 5.91 Å². The molecule has 0 unspecified atom stereocenters. The molecule has 0 radical (unpaired) electrons. The summed E-state index contributed by atoms with van der Waals surface area (Å²) in [6.45, 7) is 5.53. The summed E-state index contributed by atoms with van der Waals surface area (Å²) in [6.07, 6.45) is 1.39. The number of rotatable bonds is 6. The summed E-state index contributed by atoms with van der Waals surface area (Å²) in [5, 5.41) is 5.70. The van der Waals surface area contributed by atoms with E-state index in [2.05, 4.69) is 10.6 Å². The summed E-state index contributed by atoms with van der Waals surface area (Å²) >= 11 is 0. The molecule has 1 aromatic carbocycles. The highest BCUT2D eigenvalue weighted by molar-refractivity contribution is 5.98. The second-order valence-electron chi connectivity index (χ2n) is 5.58. The van der Waals surface area contributed by atoms with Crippen molar-refractivity contribution in [3.8, 4) is 0 Å². The van der Waals surface area contributed by atoms with E-state index in [-0.39, 0.29) is 24.3 Å². The molecule has 1 saturated heterocycles. The lowest BCUT2D eigenvalue weighted by molar-refractivity contribution is -0.125. The van der Waals surface area contributed by atoms with Gasteiger partial charge < -0.3 is 16.4 Å². The molecule has 23 heavy (non-hydrogen) atoms. The zero-order chi connectivity index (χ0) is 16.2. The third-order valence-electron chi connectivity index (χ3n) is 4.50. The smallest absolute Gasteiger partial charge is 0.321 e. The Morgan fingerprint density at radius 3 is 2.61 bits per heavy atom. The Balaban J connectivity index is 0.00000264. The fourth-order valence-corrected chi connectivity index (χ4v) is 2.69. The Labute approximate surface area is 143 Å². The van der Waals surface area contributed by atoms with Crippen LogP contribution in [0, 0.1) is 5.41 Å². The van der Waals surface area contributed by atoms with E-state index in [1.807, 2.05) is 38.1 Å². The second-order valence-corrected chi connectivity index (χ2v) is 5.58. The van der Waals surface area contributed by atoms with Gasteiger partial charge in [-0.15, -0.1) is 12.4 Å². The number of urea groups is 1. The number of benzene rings is 1. The number of halogens is 1. The summed E-state index contributed by atoms with van der Waals surface area (Å²) in [4.78, 5) is 25.9. The van der Waals surface area contributed by atoms with E-state index >= 15 is 0 Å². The van der Waals surface area contributed by atoms with E-state index in [0.717, 1.165) is 5.69 Å². The molecule has 2 rings (SSSR count). The molecule has 0 aromatic heterocycles. The SMILES string of the molecule is CCC(CC)(CN)C(=O)Nc1cccc(N2CCNC2=O)c1.Cl. The Kier molecular flexibility index (Phi) is 6.84. The lowest BCUT2D eigenvalue weighted by atomic mass is 9.81. The molecule has 0 saturated carbocycles. The van der Waals surface area contributed by atoms with Crippen molar-refractivity contribution < 1.29 is 9.59 Å². The zero-order valence-electron chi connectivity index (χ0n) is 13.6. The van der Waals surface area contributed by atoms with Crippen molar-refractivity contribution in [1.82, 2.24) is 5.32 Å². The average Bonchev–Trinajstić information content (AvgIpc) is 2.96. The normalized spacial score (nSPS) is 14.2. The minimum absolute atomic E-state index is 0. The van der Waals surface area contributed by atoms with Crippen molar-refractivity contribution in [3.05, 3.63) is 24.3 Å². The first-order chi connectivity index (χ1) is 10.6. The summed E-state index contributed by atoms with van der Waals surface area (Å²) in [5.74, 6) is -0.0666. The maximum Gasteiger partial charge on any atom is 0.321 e. The van der Waals surface area contributed by atoms with Crippen LogP contribution in [-0.4, -0.2) is 31.6 Å². The highest BCUT2D eigenvalue weighted by Gasteiger charge is 2.33. The van der Waals surface area contributed by atoms with Crippen molar-refractivity contribution in [1.29, 1.82) is 0 Å². The van der Waals surface area contributed by atoms with E-state index in [0.29, 0.717) is 38.2 Å². The predicted molar refractivity (Wildman–Crippen MR) is 95.1 cm³/mol. The first kappa shape index (κ1) is 19.3. The Morgan fingerprint density at radius 2 is 2.09 bits per heavy atom. The highest BCUT2D eigenvalue weighted by atomic mass is 35.5. The monoisotopic (exact) mass is 340 g/mol. The van der Waals surface area contributed by atoms with E-state index in [9.17, 15) is 9.59 Å². The van der Waals surface area contributed by atoms with Gasteiger partial charge >= 0.3 is 6.03 Å². The molecule has 0 aliphatic carbocycles. The van der Waals surface area contributed by atoms with Gasteiger partial charge in [0.25, 0.3) is 0 Å². The van der Waals surface area contributed by atoms with Gasteiger partial charge in [-0.25, -0.2) is 4.79 Å². The van der Waals surface area contributed by atoms with Gasteiger partial charge in [0, 0.05) is 31.0 Å². The van der Waals surface area contributed by atoms with Gasteiger partial charge in [-0.2, -0.15) is 0 Å². The first-order valence-electron chi connectivity index (χ1n) is 7.73. The molecule has 1 heterocycles. The third kappa shape index (κ3) is 3.95. The van der Waals surface area contributed by atoms with Crippen LogP contribution in [0.15, 0.2) is 24.3 Å². The van der Waals surface area contributed by atoms with E-state index in [1.165, 1.54) is 0 Å². The zero-order valence-corrected chi connectivity index (χ0v) is 14.4. The molecule has 128 valence electrons. The van der Waals surface area contributed by atoms with Crippen LogP contribution in [0.2, 0.25) is 0 Å². The summed E-state index contributed by atoms with van der Waals surface area (Å²) in [5.41, 5.74) is 6.73. The summed E-state index contributed by atoms with van der Waals surface area (Å²) < 4.78 is 0. The number of nitrogens with two attached hydrogens (primary N) is 1. The molecule has 6 nitrogen and oxygen atoms in total. The number of nitrogens with zero attached hydrogens (tertiary/aromatic N) is 1. The Hall–Kier alpha value is -1.79. The number of carbonyl (C=O) groups is 2. The maximum absolute atomic E-state index is 12.5. The largest absolute Gasteiger partial charge is 0.336 e. The number of amides is 3. The molecule has 4 N–H and O–H groups in total. The molecular formula is C16H25ClN4O2. The molecule has 3 amide bonds. The molecule has 0 atom stereocenters. The van der Waals surface area contributed by atoms with Crippen LogP contribution >= 0.6 is 12.4 Å². The molecule has 1 aliphatic rings. The third-order valence-corrected chi connectivity index (χ3v) is 4.50. The predicted octanol–water partition coefficient (Wildman–Crippen LogP) is 2.34. The van der Waals surface area contributed by atoms with Crippen molar-refractivity contribution in [2.24, 2.45) is 11.1 Å². The van der Waals surface area contributed by atoms with E-state index in [1.54, 1.807) is 4.90 Å². The Bertz CT molecular complexity index is 553. The van der Waals surface area contributed by atoms with Crippen molar-refractivity contribution in [2.45, 2.75) is 26.7 Å². The fraction of sp³-hybridized carbons (Fsp3) is 0.500. The number of anilines is 2. The number of hydrogen-bond acceptors (Lipinski definition) is 3. The first-order valence-corrected chi connectivity index (χ1v) is 7.73. The fourth-order valence-electron chi connectivity index (χ4n) is 2.69. The quantitative estimate of drug-likeness (QED) is 0.742. The molecule has 1 fully saturated rings. The van der Waals surface area contributed by atoms with Gasteiger partial charge in [-0.05, 0) is 31.0 Å². The molecular weight excluding hydrogens is 316 g/mol. The van der Waals surface area contributed by atoms with Gasteiger partial charge in [-0.1, -0.05) is 19.9 Å². The van der Waals surface area contributed by atoms with Crippen molar-refractivity contribution in [3.63, 3.8) is 0 Å². The average molecular weight is 341 g/mol. The van der Waals surface area contributed by atoms with Gasteiger partial charge in [0.1, 0.15) is 0 Å². The van der Waals surface area contributed by atoms with Crippen LogP contribution in [0.3, 0.4) is 0 Å². The van der Waals surface area contributed by atoms with Gasteiger partial charge in [-0.3, -0.25) is 9.69 Å². The van der Waals surface area contributed by atoms with Crippen LogP contribution in [0.1, 0.15) is 26.7 Å². The minimum Gasteiger partial charge on any atom is -0.336 e. The van der Waals surface area contributed by atoms with E-state index < -0.39 is 5.41 Å². The second kappa shape index (κ2) is 8.17. The number of nitrogens with one attached hydrogen (secondary N) is 2. The molecule has 0 bridgehead atoms. The van der Waals surface area contributed by atoms with Crippen LogP contribution < -0.4 is 21.3 Å². The molecule has 1 aliphatic heterocycles. The number of carbonyl (C=O) groups excluding carboxylic acids is 2. The lowest BCUT2D eigenvalue weighted by Crippen LogP contribution is -2.41.